The van der Waals surface area contributed by atoms with Crippen molar-refractivity contribution >= 4 is 11.9 Å². The van der Waals surface area contributed by atoms with Crippen LogP contribution in [0.1, 0.15) is 64.7 Å². The monoisotopic (exact) mass is 298 g/mol. The maximum Gasteiger partial charge on any atom is 0.310 e. The number of carbonyl (C=O) groups is 2. The second kappa shape index (κ2) is 6.77. The minimum Gasteiger partial charge on any atom is -0.481 e. The lowest BCUT2D eigenvalue weighted by Crippen LogP contribution is -2.47. The average Bonchev–Trinajstić information content (AvgIpc) is 3.19. The van der Waals surface area contributed by atoms with Gasteiger partial charge in [0.25, 0.3) is 0 Å². The van der Waals surface area contributed by atoms with Gasteiger partial charge in [0, 0.05) is 0 Å². The summed E-state index contributed by atoms with van der Waals surface area (Å²) in [6.45, 7) is 2.16. The van der Waals surface area contributed by atoms with E-state index in [1.807, 2.05) is 0 Å². The fourth-order valence-electron chi connectivity index (χ4n) is 3.70. The summed E-state index contributed by atoms with van der Waals surface area (Å²) < 4.78 is 5.40. The van der Waals surface area contributed by atoms with Crippen molar-refractivity contribution in [1.29, 1.82) is 0 Å². The van der Waals surface area contributed by atoms with E-state index in [0.29, 0.717) is 19.3 Å². The first kappa shape index (κ1) is 16.3. The van der Waals surface area contributed by atoms with Crippen LogP contribution in [0.25, 0.3) is 0 Å². The first-order valence-corrected chi connectivity index (χ1v) is 8.13. The fraction of sp³-hybridized carbons (Fsp3) is 0.875. The molecule has 2 N–H and O–H groups in total. The van der Waals surface area contributed by atoms with Crippen molar-refractivity contribution in [2.24, 2.45) is 11.3 Å². The molecule has 1 aliphatic carbocycles. The molecule has 4 unspecified atom stereocenters. The second-order valence-electron chi connectivity index (χ2n) is 6.52. The molecule has 1 aliphatic heterocycles. The highest BCUT2D eigenvalue weighted by Crippen LogP contribution is 2.52. The van der Waals surface area contributed by atoms with Gasteiger partial charge in [0.05, 0.1) is 23.5 Å². The minimum atomic E-state index is -1.13. The Hall–Kier alpha value is -1.10. The molecule has 0 amide bonds. The zero-order valence-electron chi connectivity index (χ0n) is 12.7. The highest BCUT2D eigenvalue weighted by atomic mass is 16.6. The largest absolute Gasteiger partial charge is 0.481 e. The number of carboxylic acid groups (broad SMARTS) is 2. The highest BCUT2D eigenvalue weighted by molar-refractivity contribution is 5.84. The minimum absolute atomic E-state index is 0.0249. The molecular formula is C16H26O5. The molecule has 4 atom stereocenters. The van der Waals surface area contributed by atoms with Gasteiger partial charge < -0.3 is 14.9 Å². The molecule has 0 aromatic heterocycles. The van der Waals surface area contributed by atoms with Crippen LogP contribution in [0, 0.1) is 11.3 Å². The first-order chi connectivity index (χ1) is 10.0. The van der Waals surface area contributed by atoms with Crippen molar-refractivity contribution in [3.63, 3.8) is 0 Å². The molecule has 1 heterocycles. The van der Waals surface area contributed by atoms with Gasteiger partial charge in [0.15, 0.2) is 0 Å². The van der Waals surface area contributed by atoms with E-state index in [9.17, 15) is 19.8 Å². The van der Waals surface area contributed by atoms with E-state index < -0.39 is 23.3 Å². The lowest BCUT2D eigenvalue weighted by atomic mass is 9.63. The molecule has 0 aromatic carbocycles. The van der Waals surface area contributed by atoms with Gasteiger partial charge in [-0.1, -0.05) is 45.4 Å². The SMILES string of the molecule is CCCCCCCCC1(C(=O)O)CC2OC2CC1C(=O)O. The number of unbranched alkanes of at least 4 members (excludes halogenated alkanes) is 5. The number of carboxylic acids is 2. The van der Waals surface area contributed by atoms with Crippen LogP contribution in [0.15, 0.2) is 0 Å². The Morgan fingerprint density at radius 2 is 1.76 bits per heavy atom. The van der Waals surface area contributed by atoms with Gasteiger partial charge in [-0.2, -0.15) is 0 Å². The summed E-state index contributed by atoms with van der Waals surface area (Å²) in [6.07, 6.45) is 7.54. The number of hydrogen-bond acceptors (Lipinski definition) is 3. The number of aliphatic carboxylic acids is 2. The van der Waals surface area contributed by atoms with Crippen molar-refractivity contribution in [3.05, 3.63) is 0 Å². The Bertz CT molecular complexity index is 394. The third-order valence-electron chi connectivity index (χ3n) is 5.09. The van der Waals surface area contributed by atoms with Crippen LogP contribution in [-0.2, 0) is 14.3 Å². The quantitative estimate of drug-likeness (QED) is 0.504. The van der Waals surface area contributed by atoms with E-state index in [1.54, 1.807) is 0 Å². The number of epoxide rings is 1. The zero-order valence-corrected chi connectivity index (χ0v) is 12.7. The van der Waals surface area contributed by atoms with Gasteiger partial charge in [-0.3, -0.25) is 9.59 Å². The number of ether oxygens (including phenoxy) is 1. The van der Waals surface area contributed by atoms with Gasteiger partial charge in [-0.15, -0.1) is 0 Å². The van der Waals surface area contributed by atoms with Crippen molar-refractivity contribution in [1.82, 2.24) is 0 Å². The number of rotatable bonds is 9. The molecule has 1 saturated carbocycles. The Kier molecular flexibility index (Phi) is 5.25. The van der Waals surface area contributed by atoms with Crippen LogP contribution in [0.3, 0.4) is 0 Å². The van der Waals surface area contributed by atoms with Crippen LogP contribution in [-0.4, -0.2) is 34.4 Å². The molecule has 0 bridgehead atoms. The van der Waals surface area contributed by atoms with Crippen LogP contribution >= 0.6 is 0 Å². The number of fused-ring (bicyclic) bond motifs is 1. The lowest BCUT2D eigenvalue weighted by molar-refractivity contribution is -0.165. The molecule has 0 radical (unpaired) electrons. The van der Waals surface area contributed by atoms with E-state index in [1.165, 1.54) is 19.3 Å². The summed E-state index contributed by atoms with van der Waals surface area (Å²) in [5.41, 5.74) is -1.13. The van der Waals surface area contributed by atoms with E-state index in [0.717, 1.165) is 19.3 Å². The molecule has 1 saturated heterocycles. The normalized spacial score (nSPS) is 34.2. The maximum atomic E-state index is 11.8. The number of hydrogen-bond donors (Lipinski definition) is 2. The van der Waals surface area contributed by atoms with Crippen molar-refractivity contribution in [3.8, 4) is 0 Å². The third-order valence-corrected chi connectivity index (χ3v) is 5.09. The van der Waals surface area contributed by atoms with E-state index >= 15 is 0 Å². The van der Waals surface area contributed by atoms with Crippen LogP contribution in [0.5, 0.6) is 0 Å². The molecule has 2 aliphatic rings. The fourth-order valence-corrected chi connectivity index (χ4v) is 3.70. The smallest absolute Gasteiger partial charge is 0.310 e. The summed E-state index contributed by atoms with van der Waals surface area (Å²) in [4.78, 5) is 23.3. The molecular weight excluding hydrogens is 272 g/mol. The van der Waals surface area contributed by atoms with Crippen molar-refractivity contribution < 1.29 is 24.5 Å². The molecule has 0 spiro atoms. The predicted octanol–water partition coefficient (Wildman–Crippen LogP) is 3.07. The van der Waals surface area contributed by atoms with Crippen LogP contribution in [0.2, 0.25) is 0 Å². The topological polar surface area (TPSA) is 87.1 Å². The molecule has 2 fully saturated rings. The molecule has 120 valence electrons. The Balaban J connectivity index is 1.94. The second-order valence-corrected chi connectivity index (χ2v) is 6.52. The molecule has 2 rings (SSSR count). The molecule has 5 heteroatoms. The molecule has 5 nitrogen and oxygen atoms in total. The standard InChI is InChI=1S/C16H26O5/c1-2-3-4-5-6-7-8-16(15(19)20)10-13-12(21-13)9-11(16)14(17)18/h11-13H,2-10H2,1H3,(H,17,18)(H,19,20). The summed E-state index contributed by atoms with van der Waals surface area (Å²) >= 11 is 0. The van der Waals surface area contributed by atoms with Crippen molar-refractivity contribution in [2.45, 2.75) is 76.9 Å². The van der Waals surface area contributed by atoms with Gasteiger partial charge in [-0.25, -0.2) is 0 Å². The lowest BCUT2D eigenvalue weighted by Gasteiger charge is -2.36. The summed E-state index contributed by atoms with van der Waals surface area (Å²) in [7, 11) is 0. The Labute approximate surface area is 125 Å². The van der Waals surface area contributed by atoms with Gasteiger partial charge in [-0.05, 0) is 19.3 Å². The summed E-state index contributed by atoms with van der Waals surface area (Å²) in [5.74, 6) is -2.76. The third kappa shape index (κ3) is 3.57. The van der Waals surface area contributed by atoms with E-state index in [-0.39, 0.29) is 12.2 Å². The van der Waals surface area contributed by atoms with Gasteiger partial charge in [0.1, 0.15) is 0 Å². The zero-order chi connectivity index (χ0) is 15.5. The van der Waals surface area contributed by atoms with E-state index in [4.69, 9.17) is 4.74 Å². The Morgan fingerprint density at radius 1 is 1.10 bits per heavy atom. The van der Waals surface area contributed by atoms with Crippen LogP contribution in [0.4, 0.5) is 0 Å². The van der Waals surface area contributed by atoms with Gasteiger partial charge in [0.2, 0.25) is 0 Å². The summed E-state index contributed by atoms with van der Waals surface area (Å²) in [5, 5.41) is 19.1. The Morgan fingerprint density at radius 3 is 2.38 bits per heavy atom. The predicted molar refractivity (Wildman–Crippen MR) is 77.1 cm³/mol. The highest BCUT2D eigenvalue weighted by Gasteiger charge is 2.61. The maximum absolute atomic E-state index is 11.8. The summed E-state index contributed by atoms with van der Waals surface area (Å²) in [6, 6.07) is 0. The molecule has 0 aromatic rings. The first-order valence-electron chi connectivity index (χ1n) is 8.13. The van der Waals surface area contributed by atoms with Crippen LogP contribution < -0.4 is 0 Å². The van der Waals surface area contributed by atoms with E-state index in [2.05, 4.69) is 6.92 Å². The van der Waals surface area contributed by atoms with Gasteiger partial charge >= 0.3 is 11.9 Å². The average molecular weight is 298 g/mol. The van der Waals surface area contributed by atoms with Crippen molar-refractivity contribution in [2.75, 3.05) is 0 Å². The molecule has 21 heavy (non-hydrogen) atoms.